The maximum absolute atomic E-state index is 12.5. The molecule has 2 aromatic carbocycles. The molecule has 2 amide bonds. The molecule has 0 aromatic heterocycles. The van der Waals surface area contributed by atoms with E-state index in [1.165, 1.54) is 6.92 Å². The molecule has 0 saturated carbocycles. The van der Waals surface area contributed by atoms with Gasteiger partial charge < -0.3 is 15.4 Å². The highest BCUT2D eigenvalue weighted by Gasteiger charge is 2.23. The summed E-state index contributed by atoms with van der Waals surface area (Å²) in [6.07, 6.45) is 0.671. The number of amides is 2. The number of rotatable bonds is 3. The average molecular weight is 345 g/mol. The van der Waals surface area contributed by atoms with Gasteiger partial charge in [0.15, 0.2) is 0 Å². The molecule has 2 aromatic rings. The molecule has 0 radical (unpaired) electrons. The molecule has 0 fully saturated rings. The van der Waals surface area contributed by atoms with Crippen LogP contribution in [-0.2, 0) is 4.79 Å². The highest BCUT2D eigenvalue weighted by atomic mass is 35.5. The Balaban J connectivity index is 1.79. The van der Waals surface area contributed by atoms with Gasteiger partial charge in [0.2, 0.25) is 5.91 Å². The van der Waals surface area contributed by atoms with E-state index >= 15 is 0 Å². The van der Waals surface area contributed by atoms with Crippen LogP contribution in [0.2, 0.25) is 5.02 Å². The third kappa shape index (κ3) is 3.68. The van der Waals surface area contributed by atoms with E-state index in [4.69, 9.17) is 16.3 Å². The normalized spacial score (nSPS) is 15.8. The number of benzene rings is 2. The molecule has 3 rings (SSSR count). The fraction of sp³-hybridized carbons (Fsp3) is 0.222. The van der Waals surface area contributed by atoms with E-state index < -0.39 is 0 Å². The monoisotopic (exact) mass is 344 g/mol. The molecule has 1 unspecified atom stereocenters. The van der Waals surface area contributed by atoms with Gasteiger partial charge >= 0.3 is 0 Å². The molecule has 0 bridgehead atoms. The number of carbonyl (C=O) groups is 2. The van der Waals surface area contributed by atoms with Gasteiger partial charge in [-0.2, -0.15) is 0 Å². The third-order valence-electron chi connectivity index (χ3n) is 3.76. The second-order valence-electron chi connectivity index (χ2n) is 5.61. The van der Waals surface area contributed by atoms with E-state index in [-0.39, 0.29) is 17.9 Å². The molecular formula is C18H17ClN2O3. The Morgan fingerprint density at radius 1 is 1.21 bits per heavy atom. The lowest BCUT2D eigenvalue weighted by atomic mass is 10.00. The van der Waals surface area contributed by atoms with Crippen LogP contribution in [0.4, 0.5) is 5.69 Å². The number of halogens is 1. The van der Waals surface area contributed by atoms with Crippen LogP contribution in [-0.4, -0.2) is 18.4 Å². The van der Waals surface area contributed by atoms with Gasteiger partial charge in [-0.3, -0.25) is 9.59 Å². The number of nitrogens with one attached hydrogen (secondary N) is 2. The molecule has 24 heavy (non-hydrogen) atoms. The number of carbonyl (C=O) groups excluding carboxylic acids is 2. The smallest absolute Gasteiger partial charge is 0.251 e. The third-order valence-corrected chi connectivity index (χ3v) is 4.00. The molecular weight excluding hydrogens is 328 g/mol. The van der Waals surface area contributed by atoms with E-state index in [1.54, 1.807) is 30.3 Å². The van der Waals surface area contributed by atoms with Crippen LogP contribution in [0, 0.1) is 0 Å². The van der Waals surface area contributed by atoms with Crippen molar-refractivity contribution in [3.05, 3.63) is 58.6 Å². The van der Waals surface area contributed by atoms with E-state index in [1.807, 2.05) is 12.1 Å². The fourth-order valence-corrected chi connectivity index (χ4v) is 2.88. The maximum Gasteiger partial charge on any atom is 0.251 e. The van der Waals surface area contributed by atoms with Crippen LogP contribution in [0.5, 0.6) is 5.75 Å². The first-order valence-electron chi connectivity index (χ1n) is 7.64. The maximum atomic E-state index is 12.5. The highest BCUT2D eigenvalue weighted by molar-refractivity contribution is 6.30. The predicted molar refractivity (Wildman–Crippen MR) is 92.5 cm³/mol. The van der Waals surface area contributed by atoms with Gasteiger partial charge in [0, 0.05) is 35.2 Å². The van der Waals surface area contributed by atoms with Gasteiger partial charge in [-0.1, -0.05) is 17.7 Å². The molecule has 0 spiro atoms. The van der Waals surface area contributed by atoms with Crippen LogP contribution in [0.3, 0.4) is 0 Å². The average Bonchev–Trinajstić information content (AvgIpc) is 2.55. The Morgan fingerprint density at radius 3 is 2.83 bits per heavy atom. The summed E-state index contributed by atoms with van der Waals surface area (Å²) in [5.74, 6) is 0.350. The standard InChI is InChI=1S/C18H17ClN2O3/c1-11(22)20-14-4-2-3-12(9-14)18(23)21-16-7-8-24-17-6-5-13(19)10-15(16)17/h2-6,9-10,16H,7-8H2,1H3,(H,20,22)(H,21,23). The van der Waals surface area contributed by atoms with Gasteiger partial charge in [0.05, 0.1) is 12.6 Å². The lowest BCUT2D eigenvalue weighted by Gasteiger charge is -2.27. The zero-order valence-electron chi connectivity index (χ0n) is 13.1. The summed E-state index contributed by atoms with van der Waals surface area (Å²) < 4.78 is 5.60. The largest absolute Gasteiger partial charge is 0.493 e. The minimum Gasteiger partial charge on any atom is -0.493 e. The zero-order valence-corrected chi connectivity index (χ0v) is 13.9. The van der Waals surface area contributed by atoms with Crippen LogP contribution < -0.4 is 15.4 Å². The summed E-state index contributed by atoms with van der Waals surface area (Å²) in [7, 11) is 0. The summed E-state index contributed by atoms with van der Waals surface area (Å²) in [6.45, 7) is 1.96. The first-order valence-corrected chi connectivity index (χ1v) is 8.01. The number of hydrogen-bond acceptors (Lipinski definition) is 3. The first kappa shape index (κ1) is 16.3. The van der Waals surface area contributed by atoms with Gasteiger partial charge in [0.1, 0.15) is 5.75 Å². The van der Waals surface area contributed by atoms with Crippen molar-refractivity contribution in [2.24, 2.45) is 0 Å². The zero-order chi connectivity index (χ0) is 17.1. The molecule has 0 aliphatic carbocycles. The van der Waals surface area contributed by atoms with Crippen molar-refractivity contribution in [2.45, 2.75) is 19.4 Å². The Hall–Kier alpha value is -2.53. The number of anilines is 1. The summed E-state index contributed by atoms with van der Waals surface area (Å²) >= 11 is 6.06. The van der Waals surface area contributed by atoms with Crippen molar-refractivity contribution in [3.63, 3.8) is 0 Å². The molecule has 0 saturated heterocycles. The van der Waals surface area contributed by atoms with Crippen LogP contribution in [0.1, 0.15) is 35.3 Å². The number of fused-ring (bicyclic) bond motifs is 1. The molecule has 124 valence electrons. The highest BCUT2D eigenvalue weighted by Crippen LogP contribution is 2.34. The van der Waals surface area contributed by atoms with Gasteiger partial charge in [-0.15, -0.1) is 0 Å². The van der Waals surface area contributed by atoms with Crippen molar-refractivity contribution in [2.75, 3.05) is 11.9 Å². The van der Waals surface area contributed by atoms with Crippen molar-refractivity contribution in [1.82, 2.24) is 5.32 Å². The SMILES string of the molecule is CC(=O)Nc1cccc(C(=O)NC2CCOc3ccc(Cl)cc32)c1. The van der Waals surface area contributed by atoms with E-state index in [9.17, 15) is 9.59 Å². The molecule has 5 nitrogen and oxygen atoms in total. The van der Waals surface area contributed by atoms with E-state index in [2.05, 4.69) is 10.6 Å². The van der Waals surface area contributed by atoms with Crippen LogP contribution in [0.25, 0.3) is 0 Å². The van der Waals surface area contributed by atoms with Gasteiger partial charge in [-0.05, 0) is 36.4 Å². The fourth-order valence-electron chi connectivity index (χ4n) is 2.70. The van der Waals surface area contributed by atoms with Crippen molar-refractivity contribution < 1.29 is 14.3 Å². The Labute approximate surface area is 145 Å². The molecule has 1 aliphatic rings. The summed E-state index contributed by atoms with van der Waals surface area (Å²) in [4.78, 5) is 23.7. The van der Waals surface area contributed by atoms with Crippen molar-refractivity contribution in [1.29, 1.82) is 0 Å². The molecule has 1 heterocycles. The van der Waals surface area contributed by atoms with Gasteiger partial charge in [0.25, 0.3) is 5.91 Å². The Kier molecular flexibility index (Phi) is 4.71. The van der Waals surface area contributed by atoms with Crippen LogP contribution >= 0.6 is 11.6 Å². The first-order chi connectivity index (χ1) is 11.5. The second-order valence-corrected chi connectivity index (χ2v) is 6.04. The minimum absolute atomic E-state index is 0.163. The molecule has 6 heteroatoms. The minimum atomic E-state index is -0.208. The molecule has 1 atom stereocenters. The van der Waals surface area contributed by atoms with Crippen LogP contribution in [0.15, 0.2) is 42.5 Å². The van der Waals surface area contributed by atoms with Crippen molar-refractivity contribution in [3.8, 4) is 5.75 Å². The molecule has 2 N–H and O–H groups in total. The number of hydrogen-bond donors (Lipinski definition) is 2. The van der Waals surface area contributed by atoms with E-state index in [0.717, 1.165) is 11.3 Å². The second kappa shape index (κ2) is 6.93. The number of ether oxygens (including phenoxy) is 1. The molecule has 1 aliphatic heterocycles. The topological polar surface area (TPSA) is 67.4 Å². The summed E-state index contributed by atoms with van der Waals surface area (Å²) in [6, 6.07) is 12.1. The predicted octanol–water partition coefficient (Wildman–Crippen LogP) is 3.55. The lowest BCUT2D eigenvalue weighted by molar-refractivity contribution is -0.114. The Morgan fingerprint density at radius 2 is 2.04 bits per heavy atom. The Bertz CT molecular complexity index is 792. The summed E-state index contributed by atoms with van der Waals surface area (Å²) in [5, 5.41) is 6.28. The summed E-state index contributed by atoms with van der Waals surface area (Å²) in [5.41, 5.74) is 1.95. The lowest BCUT2D eigenvalue weighted by Crippen LogP contribution is -2.32. The quantitative estimate of drug-likeness (QED) is 0.894. The van der Waals surface area contributed by atoms with Crippen molar-refractivity contribution >= 4 is 29.1 Å². The van der Waals surface area contributed by atoms with E-state index in [0.29, 0.717) is 29.3 Å². The van der Waals surface area contributed by atoms with Gasteiger partial charge in [-0.25, -0.2) is 0 Å².